The fraction of sp³-hybridized carbons (Fsp3) is 0.629. The molecule has 4 aromatic rings. The molecule has 40 heteroatoms. The molecule has 2 aliphatic heterocycles. The fourth-order valence-electron chi connectivity index (χ4n) is 15.8. The molecule has 1 aromatic heterocycles. The standard InChI is InChI=1S/C89H132N16O24/c1-60(109)9-25-70(57-106)98-36-37-99(71(58-107)26-10-61(2)110)39-44-103(48-46-101(42-38-98)73(82(117)118)28-12-63(4)112)76(85(123)124)31-19-66-15-21-68(22-16-66)93-88-95-87(92-35-54-129-56-55-128-53-34-91-79-78(80(115)81(79)116)90-33-8-52-127-7)96-89(97-88)94-69-23-17-67(18-24-69)20-32-77(86(125)126)104-45-41-100(72(59-108)27-11-62(3)111)40-43-102(74(83(119)120)29-13-64(5)113)47-50-105(51-49-104)75(84(121)122)30-14-65(6)114/h15-18,21-24,57-59,70-77,90-91H,8-14,19-20,25-56H2,1-7H3,(H,117,118)(H,119,120)(H,121,122)(H,123,124)(H,125,126)(H3,92,93,94,95,96,97). The highest BCUT2D eigenvalue weighted by atomic mass is 16.5. The Balaban J connectivity index is 1.25. The van der Waals surface area contributed by atoms with E-state index in [2.05, 4.69) is 36.6 Å². The number of nitrogens with one attached hydrogen (secondary N) is 5. The highest BCUT2D eigenvalue weighted by molar-refractivity contribution is 5.81. The first kappa shape index (κ1) is 107. The van der Waals surface area contributed by atoms with Crippen LogP contribution in [0.15, 0.2) is 58.1 Å². The lowest BCUT2D eigenvalue weighted by molar-refractivity contribution is -0.147. The number of aromatic nitrogens is 3. The minimum absolute atomic E-state index is 0.0106. The van der Waals surface area contributed by atoms with Crippen molar-refractivity contribution in [3.05, 3.63) is 80.1 Å². The molecule has 0 spiro atoms. The molecule has 0 amide bonds. The number of anilines is 7. The van der Waals surface area contributed by atoms with Crippen molar-refractivity contribution < 1.29 is 107 Å². The van der Waals surface area contributed by atoms with E-state index in [0.29, 0.717) is 37.2 Å². The van der Waals surface area contributed by atoms with Crippen LogP contribution >= 0.6 is 0 Å². The zero-order valence-electron chi connectivity index (χ0n) is 75.4. The topological polar surface area (TPSA) is 527 Å². The number of nitrogens with zero attached hydrogens (tertiary/aromatic N) is 11. The van der Waals surface area contributed by atoms with E-state index in [9.17, 15) is 102 Å². The van der Waals surface area contributed by atoms with E-state index in [-0.39, 0.29) is 311 Å². The maximum Gasteiger partial charge on any atom is 0.320 e. The molecule has 2 saturated heterocycles. The summed E-state index contributed by atoms with van der Waals surface area (Å²) in [6.07, 6.45) is 3.83. The zero-order valence-corrected chi connectivity index (χ0v) is 75.4. The van der Waals surface area contributed by atoms with Gasteiger partial charge in [-0.25, -0.2) is 0 Å². The second-order valence-electron chi connectivity index (χ2n) is 32.9. The van der Waals surface area contributed by atoms with Gasteiger partial charge in [-0.05, 0) is 148 Å². The SMILES string of the molecule is COCCCNc1c(NCCOCCOCCNc2nc(Nc3ccc(CCC(C(=O)O)N4CCN(C(C=O)CCC(C)=O)CCN(C(C=O)CCC(C)=O)CCN(C(CCC(C)=O)C(=O)O)CC4)cc3)nc(Nc3ccc(CCC(C(=O)O)N4CCN(C(C=O)CCC(C)=O)CCN(C(CCC(C)=O)C(=O)O)CCN(C(CCC(C)=O)C(=O)O)CC4)cc3)n2)c(=O)c1=O. The van der Waals surface area contributed by atoms with Crippen molar-refractivity contribution in [1.29, 1.82) is 0 Å². The molecule has 8 unspecified atom stereocenters. The summed E-state index contributed by atoms with van der Waals surface area (Å²) in [6.45, 7) is 11.5. The van der Waals surface area contributed by atoms with E-state index in [4.69, 9.17) is 19.2 Å². The van der Waals surface area contributed by atoms with Gasteiger partial charge in [-0.3, -0.25) is 72.8 Å². The molecule has 0 radical (unpaired) electrons. The Labute approximate surface area is 751 Å². The number of hydrogen-bond acceptors (Lipinski definition) is 35. The number of rotatable bonds is 60. The van der Waals surface area contributed by atoms with Gasteiger partial charge in [0.05, 0.1) is 44.6 Å². The number of aldehydes is 3. The molecule has 2 aliphatic rings. The number of hydrogen-bond donors (Lipinski definition) is 10. The molecular weight excluding hydrogens is 1680 g/mol. The number of carbonyl (C=O) groups is 14. The lowest BCUT2D eigenvalue weighted by atomic mass is 10.0. The lowest BCUT2D eigenvalue weighted by Gasteiger charge is -2.39. The summed E-state index contributed by atoms with van der Waals surface area (Å²) in [6, 6.07) is 5.97. The van der Waals surface area contributed by atoms with Crippen molar-refractivity contribution >= 4 is 124 Å². The number of aryl methyl sites for hydroxylation is 2. The third-order valence-corrected chi connectivity index (χ3v) is 23.2. The Bertz CT molecular complexity index is 4340. The number of carboxylic acids is 5. The molecule has 3 heterocycles. The molecule has 2 fully saturated rings. The van der Waals surface area contributed by atoms with Gasteiger partial charge in [-0.1, -0.05) is 24.3 Å². The van der Waals surface area contributed by atoms with Crippen LogP contribution in [0.3, 0.4) is 0 Å². The Morgan fingerprint density at radius 2 is 0.597 bits per heavy atom. The van der Waals surface area contributed by atoms with Gasteiger partial charge in [0.1, 0.15) is 95.1 Å². The summed E-state index contributed by atoms with van der Waals surface area (Å²) < 4.78 is 16.6. The Morgan fingerprint density at radius 1 is 0.341 bits per heavy atom. The van der Waals surface area contributed by atoms with Gasteiger partial charge in [-0.2, -0.15) is 15.0 Å². The monoisotopic (exact) mass is 1810 g/mol. The van der Waals surface area contributed by atoms with Crippen LogP contribution in [0, 0.1) is 0 Å². The van der Waals surface area contributed by atoms with E-state index >= 15 is 0 Å². The van der Waals surface area contributed by atoms with E-state index in [1.807, 2.05) is 9.80 Å². The number of aliphatic carboxylic acids is 5. The number of carbonyl (C=O) groups excluding carboxylic acids is 9. The molecule has 6 rings (SSSR count). The quantitative estimate of drug-likeness (QED) is 0.0172. The summed E-state index contributed by atoms with van der Waals surface area (Å²) >= 11 is 0. The van der Waals surface area contributed by atoms with Gasteiger partial charge in [0.2, 0.25) is 17.8 Å². The molecule has 40 nitrogen and oxygen atoms in total. The highest BCUT2D eigenvalue weighted by Crippen LogP contribution is 2.26. The third-order valence-electron chi connectivity index (χ3n) is 23.2. The average molecular weight is 1810 g/mol. The van der Waals surface area contributed by atoms with Crippen LogP contribution in [0.4, 0.5) is 40.6 Å². The molecule has 0 aliphatic carbocycles. The number of benzene rings is 2. The molecular formula is C89H132N16O24. The predicted molar refractivity (Wildman–Crippen MR) is 480 cm³/mol. The number of Topliss-reactive ketones (excluding diaryl/α,β-unsaturated/α-hetero) is 6. The maximum atomic E-state index is 13.6. The molecule has 0 bridgehead atoms. The summed E-state index contributed by atoms with van der Waals surface area (Å²) in [5, 5.41) is 69.7. The number of methoxy groups -OCH3 is 1. The van der Waals surface area contributed by atoms with Crippen LogP contribution in [0.2, 0.25) is 0 Å². The number of ether oxygens (including phenoxy) is 3. The van der Waals surface area contributed by atoms with Crippen molar-refractivity contribution in [2.75, 3.05) is 191 Å². The fourth-order valence-corrected chi connectivity index (χ4v) is 15.8. The van der Waals surface area contributed by atoms with Crippen molar-refractivity contribution in [3.63, 3.8) is 0 Å². The van der Waals surface area contributed by atoms with E-state index in [1.54, 1.807) is 85.0 Å². The third kappa shape index (κ3) is 38.2. The van der Waals surface area contributed by atoms with Crippen molar-refractivity contribution in [1.82, 2.24) is 54.2 Å². The average Bonchev–Trinajstić information content (AvgIpc) is 0.783. The van der Waals surface area contributed by atoms with Gasteiger partial charge in [0.25, 0.3) is 10.9 Å². The van der Waals surface area contributed by atoms with Crippen molar-refractivity contribution in [2.24, 2.45) is 0 Å². The first-order valence-corrected chi connectivity index (χ1v) is 44.3. The van der Waals surface area contributed by atoms with Gasteiger partial charge >= 0.3 is 29.8 Å². The summed E-state index contributed by atoms with van der Waals surface area (Å²) in [4.78, 5) is 231. The van der Waals surface area contributed by atoms with Crippen LogP contribution in [0.5, 0.6) is 0 Å². The molecule has 10 N–H and O–H groups in total. The van der Waals surface area contributed by atoms with Crippen molar-refractivity contribution in [3.8, 4) is 0 Å². The van der Waals surface area contributed by atoms with Crippen LogP contribution in [0.1, 0.15) is 149 Å². The van der Waals surface area contributed by atoms with Crippen LogP contribution in [0.25, 0.3) is 0 Å². The highest BCUT2D eigenvalue weighted by Gasteiger charge is 2.37. The normalized spacial score (nSPS) is 17.0. The first-order valence-electron chi connectivity index (χ1n) is 44.3. The molecule has 0 saturated carbocycles. The van der Waals surface area contributed by atoms with Crippen LogP contribution < -0.4 is 37.4 Å². The second kappa shape index (κ2) is 57.5. The zero-order chi connectivity index (χ0) is 94.5. The first-order chi connectivity index (χ1) is 61.7. The molecule has 712 valence electrons. The smallest absolute Gasteiger partial charge is 0.320 e. The summed E-state index contributed by atoms with van der Waals surface area (Å²) in [5.41, 5.74) is 1.70. The maximum absolute atomic E-state index is 13.6. The largest absolute Gasteiger partial charge is 0.480 e. The number of ketones is 6. The van der Waals surface area contributed by atoms with E-state index in [0.717, 1.165) is 23.7 Å². The lowest BCUT2D eigenvalue weighted by Crippen LogP contribution is -2.56. The van der Waals surface area contributed by atoms with Crippen molar-refractivity contribution in [2.45, 2.75) is 199 Å². The van der Waals surface area contributed by atoms with Gasteiger partial charge in [0.15, 0.2) is 0 Å². The second-order valence-corrected chi connectivity index (χ2v) is 32.9. The number of carboxylic acid groups (broad SMARTS) is 5. The minimum Gasteiger partial charge on any atom is -0.480 e. The van der Waals surface area contributed by atoms with Crippen LogP contribution in [-0.4, -0.2) is 376 Å². The minimum atomic E-state index is -1.24. The van der Waals surface area contributed by atoms with E-state index in [1.165, 1.54) is 41.5 Å². The Kier molecular flexibility index (Phi) is 47.8. The molecule has 129 heavy (non-hydrogen) atoms. The van der Waals surface area contributed by atoms with Gasteiger partial charge in [-0.15, -0.1) is 0 Å². The van der Waals surface area contributed by atoms with Gasteiger partial charge in [0, 0.05) is 188 Å². The summed E-state index contributed by atoms with van der Waals surface area (Å²) in [5.74, 6) is -6.85. The predicted octanol–water partition coefficient (Wildman–Crippen LogP) is 3.45. The Morgan fingerprint density at radius 3 is 0.868 bits per heavy atom. The molecule has 3 aromatic carbocycles. The summed E-state index contributed by atoms with van der Waals surface area (Å²) in [7, 11) is 1.57. The van der Waals surface area contributed by atoms with Gasteiger partial charge < -0.3 is 109 Å². The Hall–Kier alpha value is -10.5. The molecule has 8 atom stereocenters. The van der Waals surface area contributed by atoms with E-state index < -0.39 is 89.0 Å². The van der Waals surface area contributed by atoms with Crippen LogP contribution in [-0.2, 0) is 94.2 Å².